The maximum absolute atomic E-state index is 12.6. The number of anilines is 2. The Hall–Kier alpha value is -4.64. The molecule has 17 heteroatoms. The zero-order valence-electron chi connectivity index (χ0n) is 22.9. The van der Waals surface area contributed by atoms with Crippen molar-refractivity contribution in [3.05, 3.63) is 83.9 Å². The Morgan fingerprint density at radius 1 is 0.864 bits per heavy atom. The summed E-state index contributed by atoms with van der Waals surface area (Å²) in [6, 6.07) is 19.4. The van der Waals surface area contributed by atoms with E-state index in [-0.39, 0.29) is 6.54 Å². The molecule has 0 aliphatic carbocycles. The maximum atomic E-state index is 12.6. The molecule has 0 aliphatic heterocycles. The molecular weight excluding hydrogens is 620 g/mol. The second kappa shape index (κ2) is 13.8. The summed E-state index contributed by atoms with van der Waals surface area (Å²) in [5, 5.41) is 11.3. The van der Waals surface area contributed by atoms with Gasteiger partial charge in [-0.3, -0.25) is 0 Å². The summed E-state index contributed by atoms with van der Waals surface area (Å²) in [5.74, 6) is -2.29. The number of fused-ring (bicyclic) bond motifs is 1. The summed E-state index contributed by atoms with van der Waals surface area (Å²) in [6.07, 6.45) is -10.1. The van der Waals surface area contributed by atoms with Gasteiger partial charge in [0.1, 0.15) is 16.5 Å². The van der Waals surface area contributed by atoms with Crippen LogP contribution in [-0.4, -0.2) is 56.1 Å². The molecule has 1 heterocycles. The molecule has 3 N–H and O–H groups in total. The number of nitrogens with zero attached hydrogens (tertiary/aromatic N) is 3. The normalized spacial score (nSPS) is 11.8. The molecule has 3 aromatic carbocycles. The van der Waals surface area contributed by atoms with E-state index in [4.69, 9.17) is 9.90 Å². The van der Waals surface area contributed by atoms with Crippen LogP contribution < -0.4 is 19.7 Å². The standard InChI is InChI=1S/C25H24F3N5O3S.C2HF3O2/c1-33(2)23-19-7-3-4-8-20(19)31-24(32-23)29-15-17-11-13-18(14-12-17)16-30-37(34,35)22-10-6-5-9-21(22)36-25(26,27)28;3-2(4,5)1(6)7/h3-14,30H,15-16H2,1-2H3,(H,29,31,32);(H,6,7). The van der Waals surface area contributed by atoms with E-state index in [0.717, 1.165) is 34.4 Å². The van der Waals surface area contributed by atoms with Crippen LogP contribution in [0.1, 0.15) is 11.1 Å². The number of ether oxygens (including phenoxy) is 1. The fourth-order valence-electron chi connectivity index (χ4n) is 3.57. The highest BCUT2D eigenvalue weighted by atomic mass is 32.2. The van der Waals surface area contributed by atoms with E-state index in [1.54, 1.807) is 12.1 Å². The van der Waals surface area contributed by atoms with Crippen LogP contribution in [0.5, 0.6) is 5.75 Å². The zero-order valence-corrected chi connectivity index (χ0v) is 23.8. The number of halogens is 6. The van der Waals surface area contributed by atoms with Crippen LogP contribution in [-0.2, 0) is 27.9 Å². The summed E-state index contributed by atoms with van der Waals surface area (Å²) < 4.78 is 101. The molecule has 0 aliphatic rings. The first kappa shape index (κ1) is 33.9. The molecule has 0 fully saturated rings. The molecule has 44 heavy (non-hydrogen) atoms. The summed E-state index contributed by atoms with van der Waals surface area (Å²) >= 11 is 0. The highest BCUT2D eigenvalue weighted by molar-refractivity contribution is 7.89. The minimum atomic E-state index is -5.08. The molecule has 0 radical (unpaired) electrons. The van der Waals surface area contributed by atoms with Crippen molar-refractivity contribution in [3.63, 3.8) is 0 Å². The van der Waals surface area contributed by atoms with E-state index in [9.17, 15) is 34.8 Å². The Kier molecular flexibility index (Phi) is 10.6. The van der Waals surface area contributed by atoms with Crippen LogP contribution in [0.3, 0.4) is 0 Å². The van der Waals surface area contributed by atoms with Gasteiger partial charge in [0.15, 0.2) is 0 Å². The number of aliphatic carboxylic acids is 1. The first-order valence-electron chi connectivity index (χ1n) is 12.4. The Balaban J connectivity index is 0.000000676. The quantitative estimate of drug-likeness (QED) is 0.207. The van der Waals surface area contributed by atoms with Gasteiger partial charge in [-0.25, -0.2) is 22.9 Å². The van der Waals surface area contributed by atoms with Gasteiger partial charge in [-0.05, 0) is 35.4 Å². The predicted octanol–water partition coefficient (Wildman–Crippen LogP) is 5.32. The van der Waals surface area contributed by atoms with Crippen molar-refractivity contribution in [3.8, 4) is 5.75 Å². The van der Waals surface area contributed by atoms with Crippen LogP contribution >= 0.6 is 0 Å². The fourth-order valence-corrected chi connectivity index (χ4v) is 4.72. The molecule has 0 atom stereocenters. The second-order valence-corrected chi connectivity index (χ2v) is 10.8. The van der Waals surface area contributed by atoms with E-state index in [1.165, 1.54) is 12.1 Å². The number of carboxylic acid groups (broad SMARTS) is 1. The number of para-hydroxylation sites is 2. The third kappa shape index (κ3) is 9.70. The molecule has 0 bridgehead atoms. The Bertz CT molecular complexity index is 1700. The number of hydrogen-bond acceptors (Lipinski definition) is 8. The Labute approximate surface area is 247 Å². The van der Waals surface area contributed by atoms with Crippen LogP contribution in [0.4, 0.5) is 38.1 Å². The second-order valence-electron chi connectivity index (χ2n) is 9.07. The first-order valence-corrected chi connectivity index (χ1v) is 13.8. The van der Waals surface area contributed by atoms with E-state index in [1.807, 2.05) is 55.4 Å². The van der Waals surface area contributed by atoms with Crippen molar-refractivity contribution in [2.45, 2.75) is 30.5 Å². The summed E-state index contributed by atoms with van der Waals surface area (Å²) in [7, 11) is -0.435. The van der Waals surface area contributed by atoms with Crippen molar-refractivity contribution >= 4 is 38.7 Å². The lowest BCUT2D eigenvalue weighted by Gasteiger charge is -2.16. The molecule has 0 amide bonds. The van der Waals surface area contributed by atoms with E-state index >= 15 is 0 Å². The molecule has 0 saturated heterocycles. The van der Waals surface area contributed by atoms with Gasteiger partial charge in [0.2, 0.25) is 16.0 Å². The third-order valence-electron chi connectivity index (χ3n) is 5.55. The zero-order chi connectivity index (χ0) is 32.7. The molecule has 0 saturated carbocycles. The van der Waals surface area contributed by atoms with Gasteiger partial charge in [-0.1, -0.05) is 48.5 Å². The number of rotatable bonds is 9. The van der Waals surface area contributed by atoms with Gasteiger partial charge in [0.25, 0.3) is 0 Å². The lowest BCUT2D eigenvalue weighted by molar-refractivity contribution is -0.275. The number of nitrogens with one attached hydrogen (secondary N) is 2. The molecule has 4 aromatic rings. The number of hydrogen-bond donors (Lipinski definition) is 3. The van der Waals surface area contributed by atoms with Crippen molar-refractivity contribution in [2.24, 2.45) is 0 Å². The third-order valence-corrected chi connectivity index (χ3v) is 6.99. The fraction of sp³-hybridized carbons (Fsp3) is 0.222. The summed E-state index contributed by atoms with van der Waals surface area (Å²) in [5.41, 5.74) is 2.34. The predicted molar refractivity (Wildman–Crippen MR) is 148 cm³/mol. The number of carboxylic acids is 1. The van der Waals surface area contributed by atoms with Gasteiger partial charge in [-0.15, -0.1) is 13.2 Å². The molecule has 1 aromatic heterocycles. The molecule has 0 unspecified atom stereocenters. The average Bonchev–Trinajstić information content (AvgIpc) is 2.94. The largest absolute Gasteiger partial charge is 0.573 e. The SMILES string of the molecule is CN(C)c1nc(NCc2ccc(CNS(=O)(=O)c3ccccc3OC(F)(F)F)cc2)nc2ccccc12.O=C(O)C(F)(F)F. The number of benzene rings is 3. The lowest BCUT2D eigenvalue weighted by Crippen LogP contribution is -2.25. The number of aromatic nitrogens is 2. The Morgan fingerprint density at radius 3 is 1.98 bits per heavy atom. The van der Waals surface area contributed by atoms with Crippen LogP contribution in [0.15, 0.2) is 77.7 Å². The molecular formula is C27H25F6N5O5S. The van der Waals surface area contributed by atoms with Crippen molar-refractivity contribution < 1.29 is 49.4 Å². The summed E-state index contributed by atoms with van der Waals surface area (Å²) in [6.45, 7) is 0.315. The minimum Gasteiger partial charge on any atom is -0.475 e. The van der Waals surface area contributed by atoms with Crippen LogP contribution in [0.2, 0.25) is 0 Å². The maximum Gasteiger partial charge on any atom is 0.573 e. The van der Waals surface area contributed by atoms with Crippen LogP contribution in [0, 0.1) is 0 Å². The highest BCUT2D eigenvalue weighted by Crippen LogP contribution is 2.29. The monoisotopic (exact) mass is 645 g/mol. The lowest BCUT2D eigenvalue weighted by atomic mass is 10.1. The number of carbonyl (C=O) groups is 1. The highest BCUT2D eigenvalue weighted by Gasteiger charge is 2.38. The molecule has 10 nitrogen and oxygen atoms in total. The number of sulfonamides is 1. The average molecular weight is 646 g/mol. The molecule has 4 rings (SSSR count). The van der Waals surface area contributed by atoms with Gasteiger partial charge in [0, 0.05) is 32.6 Å². The van der Waals surface area contributed by atoms with Crippen molar-refractivity contribution in [2.75, 3.05) is 24.3 Å². The van der Waals surface area contributed by atoms with E-state index in [0.29, 0.717) is 18.1 Å². The minimum absolute atomic E-state index is 0.115. The van der Waals surface area contributed by atoms with Crippen molar-refractivity contribution in [1.82, 2.24) is 14.7 Å². The van der Waals surface area contributed by atoms with E-state index < -0.39 is 39.2 Å². The topological polar surface area (TPSA) is 134 Å². The van der Waals surface area contributed by atoms with Crippen LogP contribution in [0.25, 0.3) is 10.9 Å². The molecule has 0 spiro atoms. The summed E-state index contributed by atoms with van der Waals surface area (Å²) in [4.78, 5) is 19.4. The van der Waals surface area contributed by atoms with E-state index in [2.05, 4.69) is 24.7 Å². The first-order chi connectivity index (χ1) is 20.5. The van der Waals surface area contributed by atoms with Gasteiger partial charge in [-0.2, -0.15) is 18.2 Å². The van der Waals surface area contributed by atoms with Gasteiger partial charge < -0.3 is 20.1 Å². The van der Waals surface area contributed by atoms with Gasteiger partial charge >= 0.3 is 18.5 Å². The van der Waals surface area contributed by atoms with Gasteiger partial charge in [0.05, 0.1) is 5.52 Å². The number of alkyl halides is 6. The smallest absolute Gasteiger partial charge is 0.475 e. The van der Waals surface area contributed by atoms with Crippen molar-refractivity contribution in [1.29, 1.82) is 0 Å². The molecule has 236 valence electrons. The Morgan fingerprint density at radius 2 is 1.41 bits per heavy atom.